The third-order valence-electron chi connectivity index (χ3n) is 2.36. The highest BCUT2D eigenvalue weighted by Gasteiger charge is 2.13. The van der Waals surface area contributed by atoms with Crippen LogP contribution in [0.3, 0.4) is 0 Å². The first-order valence-electron chi connectivity index (χ1n) is 4.69. The van der Waals surface area contributed by atoms with Crippen molar-refractivity contribution in [3.63, 3.8) is 0 Å². The standard InChI is InChI=1S/C11H13N3O/c1-14-7-6-13-11(14)10(15)8-2-4-9(12)5-3-8/h2-7,10,15H,12H2,1H3. The van der Waals surface area contributed by atoms with Crippen LogP contribution in [0, 0.1) is 0 Å². The van der Waals surface area contributed by atoms with Gasteiger partial charge in [-0.3, -0.25) is 0 Å². The SMILES string of the molecule is Cn1ccnc1C(O)c1ccc(N)cc1. The van der Waals surface area contributed by atoms with E-state index in [1.165, 1.54) is 0 Å². The van der Waals surface area contributed by atoms with Crippen molar-refractivity contribution in [2.75, 3.05) is 5.73 Å². The number of nitrogens with zero attached hydrogens (tertiary/aromatic N) is 2. The zero-order chi connectivity index (χ0) is 10.8. The van der Waals surface area contributed by atoms with Gasteiger partial charge in [0, 0.05) is 25.1 Å². The van der Waals surface area contributed by atoms with Gasteiger partial charge in [0.15, 0.2) is 0 Å². The van der Waals surface area contributed by atoms with Crippen LogP contribution in [0.5, 0.6) is 0 Å². The Morgan fingerprint density at radius 3 is 2.53 bits per heavy atom. The topological polar surface area (TPSA) is 64.1 Å². The second-order valence-electron chi connectivity index (χ2n) is 3.47. The Morgan fingerprint density at radius 2 is 2.00 bits per heavy atom. The number of aryl methyl sites for hydroxylation is 1. The first-order valence-corrected chi connectivity index (χ1v) is 4.69. The van der Waals surface area contributed by atoms with Crippen LogP contribution in [-0.2, 0) is 7.05 Å². The molecule has 0 amide bonds. The van der Waals surface area contributed by atoms with Crippen molar-refractivity contribution < 1.29 is 5.11 Å². The Kier molecular flexibility index (Phi) is 2.43. The second kappa shape index (κ2) is 3.74. The molecule has 0 aliphatic rings. The van der Waals surface area contributed by atoms with Crippen molar-refractivity contribution in [2.24, 2.45) is 7.05 Å². The van der Waals surface area contributed by atoms with E-state index in [9.17, 15) is 5.11 Å². The van der Waals surface area contributed by atoms with Crippen molar-refractivity contribution in [2.45, 2.75) is 6.10 Å². The Labute approximate surface area is 88.0 Å². The minimum Gasteiger partial charge on any atom is -0.399 e. The van der Waals surface area contributed by atoms with Crippen LogP contribution in [-0.4, -0.2) is 14.7 Å². The molecule has 0 saturated heterocycles. The minimum absolute atomic E-state index is 0.625. The summed E-state index contributed by atoms with van der Waals surface area (Å²) in [5.74, 6) is 0.625. The van der Waals surface area contributed by atoms with Crippen LogP contribution in [0.25, 0.3) is 0 Å². The molecule has 0 bridgehead atoms. The normalized spacial score (nSPS) is 12.7. The summed E-state index contributed by atoms with van der Waals surface area (Å²) in [5.41, 5.74) is 7.05. The second-order valence-corrected chi connectivity index (χ2v) is 3.47. The van der Waals surface area contributed by atoms with Gasteiger partial charge in [-0.25, -0.2) is 4.98 Å². The van der Waals surface area contributed by atoms with Gasteiger partial charge in [-0.1, -0.05) is 12.1 Å². The van der Waals surface area contributed by atoms with Gasteiger partial charge in [-0.2, -0.15) is 0 Å². The lowest BCUT2D eigenvalue weighted by atomic mass is 10.1. The maximum atomic E-state index is 10.0. The monoisotopic (exact) mass is 203 g/mol. The maximum Gasteiger partial charge on any atom is 0.142 e. The maximum absolute atomic E-state index is 10.0. The molecule has 2 aromatic rings. The molecule has 0 fully saturated rings. The third kappa shape index (κ3) is 1.85. The molecule has 1 heterocycles. The van der Waals surface area contributed by atoms with Gasteiger partial charge in [0.2, 0.25) is 0 Å². The van der Waals surface area contributed by atoms with E-state index in [0.29, 0.717) is 11.5 Å². The zero-order valence-corrected chi connectivity index (χ0v) is 8.46. The van der Waals surface area contributed by atoms with Crippen LogP contribution in [0.4, 0.5) is 5.69 Å². The Bertz CT molecular complexity index is 447. The average molecular weight is 203 g/mol. The molecule has 0 aliphatic heterocycles. The van der Waals surface area contributed by atoms with E-state index in [1.54, 1.807) is 41.2 Å². The van der Waals surface area contributed by atoms with Gasteiger partial charge < -0.3 is 15.4 Å². The number of aromatic nitrogens is 2. The molecule has 0 spiro atoms. The predicted molar refractivity (Wildman–Crippen MR) is 58.1 cm³/mol. The van der Waals surface area contributed by atoms with E-state index in [4.69, 9.17) is 5.73 Å². The van der Waals surface area contributed by atoms with Gasteiger partial charge in [0.1, 0.15) is 11.9 Å². The average Bonchev–Trinajstić information content (AvgIpc) is 2.65. The van der Waals surface area contributed by atoms with Crippen molar-refractivity contribution in [3.05, 3.63) is 48.0 Å². The lowest BCUT2D eigenvalue weighted by Crippen LogP contribution is -2.06. The molecule has 1 atom stereocenters. The number of hydrogen-bond donors (Lipinski definition) is 2. The van der Waals surface area contributed by atoms with E-state index >= 15 is 0 Å². The van der Waals surface area contributed by atoms with Crippen molar-refractivity contribution >= 4 is 5.69 Å². The van der Waals surface area contributed by atoms with Crippen LogP contribution in [0.2, 0.25) is 0 Å². The third-order valence-corrected chi connectivity index (χ3v) is 2.36. The molecule has 4 heteroatoms. The van der Waals surface area contributed by atoms with Gasteiger partial charge in [-0.15, -0.1) is 0 Å². The summed E-state index contributed by atoms with van der Waals surface area (Å²) in [6.45, 7) is 0. The summed E-state index contributed by atoms with van der Waals surface area (Å²) in [7, 11) is 1.85. The fourth-order valence-electron chi connectivity index (χ4n) is 1.47. The highest BCUT2D eigenvalue weighted by Crippen LogP contribution is 2.20. The Balaban J connectivity index is 2.32. The predicted octanol–water partition coefficient (Wildman–Crippen LogP) is 1.08. The molecule has 78 valence electrons. The molecule has 4 nitrogen and oxygen atoms in total. The van der Waals surface area contributed by atoms with Gasteiger partial charge in [-0.05, 0) is 17.7 Å². The summed E-state index contributed by atoms with van der Waals surface area (Å²) in [6, 6.07) is 7.13. The Morgan fingerprint density at radius 1 is 1.33 bits per heavy atom. The molecule has 3 N–H and O–H groups in total. The number of aliphatic hydroxyl groups excluding tert-OH is 1. The van der Waals surface area contributed by atoms with Crippen LogP contribution in [0.15, 0.2) is 36.7 Å². The molecule has 1 aromatic carbocycles. The quantitative estimate of drug-likeness (QED) is 0.718. The molecular weight excluding hydrogens is 190 g/mol. The fourth-order valence-corrected chi connectivity index (χ4v) is 1.47. The summed E-state index contributed by atoms with van der Waals surface area (Å²) in [6.07, 6.45) is 2.76. The molecule has 0 aliphatic carbocycles. The van der Waals surface area contributed by atoms with E-state index in [1.807, 2.05) is 7.05 Å². The number of aliphatic hydroxyl groups is 1. The first-order chi connectivity index (χ1) is 7.18. The number of rotatable bonds is 2. The number of anilines is 1. The molecule has 15 heavy (non-hydrogen) atoms. The smallest absolute Gasteiger partial charge is 0.142 e. The van der Waals surface area contributed by atoms with Gasteiger partial charge in [0.25, 0.3) is 0 Å². The zero-order valence-electron chi connectivity index (χ0n) is 8.46. The van der Waals surface area contributed by atoms with E-state index in [0.717, 1.165) is 5.56 Å². The number of nitrogen functional groups attached to an aromatic ring is 1. The lowest BCUT2D eigenvalue weighted by Gasteiger charge is -2.10. The molecule has 0 radical (unpaired) electrons. The van der Waals surface area contributed by atoms with Crippen molar-refractivity contribution in [1.82, 2.24) is 9.55 Å². The van der Waals surface area contributed by atoms with Crippen LogP contribution < -0.4 is 5.73 Å². The van der Waals surface area contributed by atoms with Crippen molar-refractivity contribution in [1.29, 1.82) is 0 Å². The van der Waals surface area contributed by atoms with Crippen LogP contribution in [0.1, 0.15) is 17.5 Å². The van der Waals surface area contributed by atoms with Gasteiger partial charge in [0.05, 0.1) is 0 Å². The summed E-state index contributed by atoms with van der Waals surface area (Å²) >= 11 is 0. The van der Waals surface area contributed by atoms with E-state index < -0.39 is 6.10 Å². The van der Waals surface area contributed by atoms with Crippen molar-refractivity contribution in [3.8, 4) is 0 Å². The fraction of sp³-hybridized carbons (Fsp3) is 0.182. The number of benzene rings is 1. The van der Waals surface area contributed by atoms with E-state index in [-0.39, 0.29) is 0 Å². The largest absolute Gasteiger partial charge is 0.399 e. The van der Waals surface area contributed by atoms with E-state index in [2.05, 4.69) is 4.98 Å². The number of hydrogen-bond acceptors (Lipinski definition) is 3. The molecule has 1 unspecified atom stereocenters. The molecular formula is C11H13N3O. The summed E-state index contributed by atoms with van der Waals surface area (Å²) in [4.78, 5) is 4.10. The Hall–Kier alpha value is -1.81. The van der Waals surface area contributed by atoms with Gasteiger partial charge >= 0.3 is 0 Å². The minimum atomic E-state index is -0.703. The highest BCUT2D eigenvalue weighted by molar-refractivity contribution is 5.40. The molecule has 0 saturated carbocycles. The highest BCUT2D eigenvalue weighted by atomic mass is 16.3. The molecule has 1 aromatic heterocycles. The first kappa shape index (κ1) is 9.73. The summed E-state index contributed by atoms with van der Waals surface area (Å²) < 4.78 is 1.79. The lowest BCUT2D eigenvalue weighted by molar-refractivity contribution is 0.206. The van der Waals surface area contributed by atoms with Crippen LogP contribution >= 0.6 is 0 Å². The summed E-state index contributed by atoms with van der Waals surface area (Å²) in [5, 5.41) is 10.0. The molecule has 2 rings (SSSR count). The number of nitrogens with two attached hydrogens (primary N) is 1. The number of imidazole rings is 1.